The molecule has 7 nitrogen and oxygen atoms in total. The Balaban J connectivity index is 1.60. The van der Waals surface area contributed by atoms with Crippen LogP contribution in [0.1, 0.15) is 5.56 Å². The van der Waals surface area contributed by atoms with E-state index < -0.39 is 0 Å². The Morgan fingerprint density at radius 2 is 1.83 bits per heavy atom. The Kier molecular flexibility index (Phi) is 4.00. The third-order valence-electron chi connectivity index (χ3n) is 4.40. The van der Waals surface area contributed by atoms with Gasteiger partial charge in [-0.15, -0.1) is 0 Å². The van der Waals surface area contributed by atoms with E-state index in [9.17, 15) is 0 Å². The molecule has 24 heavy (non-hydrogen) atoms. The second-order valence-electron chi connectivity index (χ2n) is 6.10. The Bertz CT molecular complexity index is 806. The van der Waals surface area contributed by atoms with Crippen LogP contribution in [0.2, 0.25) is 0 Å². The zero-order valence-electron chi connectivity index (χ0n) is 13.8. The molecular formula is C17H21N7. The van der Waals surface area contributed by atoms with E-state index in [2.05, 4.69) is 38.3 Å². The highest BCUT2D eigenvalue weighted by molar-refractivity contribution is 5.58. The lowest BCUT2D eigenvalue weighted by atomic mass is 10.2. The van der Waals surface area contributed by atoms with Crippen molar-refractivity contribution in [2.75, 3.05) is 43.4 Å². The number of hydrogen-bond donors (Lipinski definition) is 1. The van der Waals surface area contributed by atoms with E-state index in [0.717, 1.165) is 50.0 Å². The fourth-order valence-corrected chi connectivity index (χ4v) is 2.92. The highest BCUT2D eigenvalue weighted by atomic mass is 15.3. The molecule has 1 fully saturated rings. The van der Waals surface area contributed by atoms with Gasteiger partial charge in [-0.05, 0) is 24.7 Å². The van der Waals surface area contributed by atoms with Gasteiger partial charge in [0.05, 0.1) is 6.20 Å². The summed E-state index contributed by atoms with van der Waals surface area (Å²) in [4.78, 5) is 13.5. The van der Waals surface area contributed by atoms with Gasteiger partial charge in [0.1, 0.15) is 11.6 Å². The number of anilines is 2. The summed E-state index contributed by atoms with van der Waals surface area (Å²) in [6.07, 6.45) is 5.40. The van der Waals surface area contributed by atoms with Crippen molar-refractivity contribution in [3.8, 4) is 0 Å². The van der Waals surface area contributed by atoms with Crippen molar-refractivity contribution in [1.82, 2.24) is 24.5 Å². The molecule has 0 bridgehead atoms. The molecule has 4 rings (SSSR count). The zero-order valence-corrected chi connectivity index (χ0v) is 13.8. The van der Waals surface area contributed by atoms with Gasteiger partial charge < -0.3 is 15.1 Å². The van der Waals surface area contributed by atoms with Gasteiger partial charge >= 0.3 is 0 Å². The number of nitrogens with zero attached hydrogens (tertiary/aromatic N) is 6. The number of piperazine rings is 1. The number of hydrogen-bond acceptors (Lipinski definition) is 6. The average molecular weight is 323 g/mol. The first-order chi connectivity index (χ1) is 11.8. The molecule has 7 heteroatoms. The van der Waals surface area contributed by atoms with Crippen LogP contribution in [0.15, 0.2) is 42.9 Å². The van der Waals surface area contributed by atoms with Crippen molar-refractivity contribution in [2.45, 2.75) is 6.54 Å². The Morgan fingerprint density at radius 1 is 1.04 bits per heavy atom. The van der Waals surface area contributed by atoms with E-state index in [0.29, 0.717) is 0 Å². The lowest BCUT2D eigenvalue weighted by Crippen LogP contribution is -2.44. The molecule has 0 amide bonds. The molecule has 0 aromatic carbocycles. The average Bonchev–Trinajstić information content (AvgIpc) is 3.10. The number of rotatable bonds is 4. The Hall–Kier alpha value is -2.67. The molecular weight excluding hydrogens is 302 g/mol. The molecule has 0 saturated carbocycles. The summed E-state index contributed by atoms with van der Waals surface area (Å²) in [6, 6.07) is 8.05. The van der Waals surface area contributed by atoms with E-state index >= 15 is 0 Å². The van der Waals surface area contributed by atoms with Crippen LogP contribution in [-0.4, -0.2) is 57.7 Å². The van der Waals surface area contributed by atoms with Gasteiger partial charge in [0, 0.05) is 57.3 Å². The van der Waals surface area contributed by atoms with Crippen LogP contribution in [-0.2, 0) is 6.54 Å². The second-order valence-corrected chi connectivity index (χ2v) is 6.10. The Morgan fingerprint density at radius 3 is 2.62 bits per heavy atom. The Labute approximate surface area is 140 Å². The van der Waals surface area contributed by atoms with E-state index in [1.54, 1.807) is 6.20 Å². The minimum absolute atomic E-state index is 0.726. The highest BCUT2D eigenvalue weighted by Crippen LogP contribution is 2.21. The summed E-state index contributed by atoms with van der Waals surface area (Å²) in [6.45, 7) is 4.84. The first-order valence-corrected chi connectivity index (χ1v) is 8.21. The zero-order chi connectivity index (χ0) is 16.4. The first kappa shape index (κ1) is 14.9. The van der Waals surface area contributed by atoms with Gasteiger partial charge in [-0.3, -0.25) is 4.98 Å². The van der Waals surface area contributed by atoms with Crippen molar-refractivity contribution in [3.63, 3.8) is 0 Å². The van der Waals surface area contributed by atoms with E-state index in [4.69, 9.17) is 4.98 Å². The number of aromatic nitrogens is 4. The summed E-state index contributed by atoms with van der Waals surface area (Å²) in [5.74, 6) is 1.96. The first-order valence-electron chi connectivity index (χ1n) is 8.21. The van der Waals surface area contributed by atoms with Crippen molar-refractivity contribution in [1.29, 1.82) is 0 Å². The molecule has 1 N–H and O–H groups in total. The SMILES string of the molecule is CN1CCN(c2cc(NCc3ccncc3)n3nccc3n2)CC1. The van der Waals surface area contributed by atoms with Crippen LogP contribution >= 0.6 is 0 Å². The summed E-state index contributed by atoms with van der Waals surface area (Å²) < 4.78 is 1.85. The predicted molar refractivity (Wildman–Crippen MR) is 94.3 cm³/mol. The molecule has 124 valence electrons. The number of nitrogens with one attached hydrogen (secondary N) is 1. The van der Waals surface area contributed by atoms with Crippen LogP contribution in [0.25, 0.3) is 5.65 Å². The van der Waals surface area contributed by atoms with Crippen LogP contribution in [0, 0.1) is 0 Å². The largest absolute Gasteiger partial charge is 0.366 e. The van der Waals surface area contributed by atoms with E-state index in [1.165, 1.54) is 5.56 Å². The number of likely N-dealkylation sites (N-methyl/N-ethyl adjacent to an activating group) is 1. The van der Waals surface area contributed by atoms with Gasteiger partial charge in [-0.1, -0.05) is 0 Å². The van der Waals surface area contributed by atoms with Gasteiger partial charge in [0.2, 0.25) is 0 Å². The lowest BCUT2D eigenvalue weighted by Gasteiger charge is -2.33. The monoisotopic (exact) mass is 323 g/mol. The molecule has 0 aliphatic carbocycles. The molecule has 1 aliphatic rings. The fourth-order valence-electron chi connectivity index (χ4n) is 2.92. The standard InChI is InChI=1S/C17H21N7/c1-22-8-10-23(11-9-22)17-12-16(24-15(21-17)4-7-20-24)19-13-14-2-5-18-6-3-14/h2-7,12,19H,8-11,13H2,1H3. The highest BCUT2D eigenvalue weighted by Gasteiger charge is 2.17. The summed E-state index contributed by atoms with van der Waals surface area (Å²) >= 11 is 0. The predicted octanol–water partition coefficient (Wildman–Crippen LogP) is 1.49. The normalized spacial score (nSPS) is 15.8. The second kappa shape index (κ2) is 6.45. The maximum atomic E-state index is 4.76. The molecule has 0 spiro atoms. The molecule has 1 aliphatic heterocycles. The summed E-state index contributed by atoms with van der Waals surface area (Å²) in [7, 11) is 2.16. The van der Waals surface area contributed by atoms with E-state index in [1.807, 2.05) is 35.1 Å². The maximum Gasteiger partial charge on any atom is 0.159 e. The summed E-state index contributed by atoms with van der Waals surface area (Å²) in [5, 5.41) is 7.86. The third kappa shape index (κ3) is 3.03. The quantitative estimate of drug-likeness (QED) is 0.785. The molecule has 1 saturated heterocycles. The van der Waals surface area contributed by atoms with Gasteiger partial charge in [-0.25, -0.2) is 4.98 Å². The number of fused-ring (bicyclic) bond motifs is 1. The van der Waals surface area contributed by atoms with Crippen LogP contribution < -0.4 is 10.2 Å². The van der Waals surface area contributed by atoms with Gasteiger partial charge in [0.15, 0.2) is 5.65 Å². The molecule has 3 aromatic rings. The van der Waals surface area contributed by atoms with Crippen molar-refractivity contribution >= 4 is 17.3 Å². The lowest BCUT2D eigenvalue weighted by molar-refractivity contribution is 0.312. The number of pyridine rings is 1. The molecule has 4 heterocycles. The smallest absolute Gasteiger partial charge is 0.159 e. The molecule has 3 aromatic heterocycles. The minimum Gasteiger partial charge on any atom is -0.366 e. The minimum atomic E-state index is 0.726. The van der Waals surface area contributed by atoms with E-state index in [-0.39, 0.29) is 0 Å². The molecule has 0 radical (unpaired) electrons. The van der Waals surface area contributed by atoms with Crippen molar-refractivity contribution < 1.29 is 0 Å². The fraction of sp³-hybridized carbons (Fsp3) is 0.353. The van der Waals surface area contributed by atoms with Crippen LogP contribution in [0.4, 0.5) is 11.6 Å². The van der Waals surface area contributed by atoms with Crippen molar-refractivity contribution in [3.05, 3.63) is 48.4 Å². The topological polar surface area (TPSA) is 61.6 Å². The molecule has 0 atom stereocenters. The van der Waals surface area contributed by atoms with Gasteiger partial charge in [-0.2, -0.15) is 9.61 Å². The van der Waals surface area contributed by atoms with Crippen molar-refractivity contribution in [2.24, 2.45) is 0 Å². The molecule has 0 unspecified atom stereocenters. The third-order valence-corrected chi connectivity index (χ3v) is 4.40. The van der Waals surface area contributed by atoms with Gasteiger partial charge in [0.25, 0.3) is 0 Å². The van der Waals surface area contributed by atoms with Crippen LogP contribution in [0.3, 0.4) is 0 Å². The van der Waals surface area contributed by atoms with Crippen LogP contribution in [0.5, 0.6) is 0 Å². The summed E-state index contributed by atoms with van der Waals surface area (Å²) in [5.41, 5.74) is 2.05. The maximum absolute atomic E-state index is 4.76.